The predicted octanol–water partition coefficient (Wildman–Crippen LogP) is 4.15. The molecule has 3 heteroatoms. The van der Waals surface area contributed by atoms with E-state index in [1.165, 1.54) is 5.56 Å². The number of benzene rings is 1. The van der Waals surface area contributed by atoms with Crippen LogP contribution in [0.15, 0.2) is 35.7 Å². The molecule has 1 atom stereocenters. The van der Waals surface area contributed by atoms with Gasteiger partial charge in [0, 0.05) is 10.4 Å². The van der Waals surface area contributed by atoms with E-state index in [4.69, 9.17) is 4.74 Å². The molecule has 1 heterocycles. The summed E-state index contributed by atoms with van der Waals surface area (Å²) in [6, 6.07) is 9.78. The molecule has 0 aliphatic rings. The van der Waals surface area contributed by atoms with E-state index in [0.717, 1.165) is 16.0 Å². The van der Waals surface area contributed by atoms with E-state index in [1.807, 2.05) is 56.5 Å². The zero-order chi connectivity index (χ0) is 13.8. The van der Waals surface area contributed by atoms with E-state index in [-0.39, 0.29) is 5.78 Å². The van der Waals surface area contributed by atoms with Gasteiger partial charge in [0.15, 0.2) is 5.78 Å². The number of aryl methyl sites for hydroxylation is 2. The van der Waals surface area contributed by atoms with Crippen molar-refractivity contribution in [3.05, 3.63) is 57.3 Å². The molecule has 1 aromatic carbocycles. The average Bonchev–Trinajstić information content (AvgIpc) is 2.91. The van der Waals surface area contributed by atoms with Crippen LogP contribution in [0, 0.1) is 13.8 Å². The summed E-state index contributed by atoms with van der Waals surface area (Å²) in [7, 11) is 0. The van der Waals surface area contributed by atoms with Gasteiger partial charge in [0.1, 0.15) is 6.10 Å². The molecule has 0 N–H and O–H groups in total. The Morgan fingerprint density at radius 2 is 2.05 bits per heavy atom. The third-order valence-corrected chi connectivity index (χ3v) is 4.07. The molecule has 2 nitrogen and oxygen atoms in total. The molecule has 0 amide bonds. The largest absolute Gasteiger partial charge is 0.365 e. The van der Waals surface area contributed by atoms with Crippen molar-refractivity contribution < 1.29 is 9.53 Å². The summed E-state index contributed by atoms with van der Waals surface area (Å²) in [6.45, 7) is 6.37. The van der Waals surface area contributed by atoms with Crippen LogP contribution in [-0.2, 0) is 11.3 Å². The molecule has 0 bridgehead atoms. The van der Waals surface area contributed by atoms with Crippen LogP contribution < -0.4 is 0 Å². The molecular weight excluding hydrogens is 256 g/mol. The summed E-state index contributed by atoms with van der Waals surface area (Å²) in [5.74, 6) is 0.0413. The number of carbonyl (C=O) groups excluding carboxylic acids is 1. The van der Waals surface area contributed by atoms with Gasteiger partial charge in [-0.1, -0.05) is 18.2 Å². The van der Waals surface area contributed by atoms with Crippen LogP contribution in [0.3, 0.4) is 0 Å². The Kier molecular flexibility index (Phi) is 4.51. The molecule has 0 aliphatic heterocycles. The minimum absolute atomic E-state index is 0.0413. The number of Topliss-reactive ketones (excluding diaryl/α,β-unsaturated/α-hetero) is 1. The number of hydrogen-bond acceptors (Lipinski definition) is 3. The third kappa shape index (κ3) is 3.52. The molecular formula is C16H18O2S. The number of ketones is 1. The Balaban J connectivity index is 2.00. The van der Waals surface area contributed by atoms with Gasteiger partial charge in [-0.15, -0.1) is 11.3 Å². The van der Waals surface area contributed by atoms with Crippen molar-refractivity contribution in [3.8, 4) is 0 Å². The fraction of sp³-hybridized carbons (Fsp3) is 0.312. The fourth-order valence-corrected chi connectivity index (χ4v) is 2.43. The highest BCUT2D eigenvalue weighted by Gasteiger charge is 2.16. The van der Waals surface area contributed by atoms with Crippen molar-refractivity contribution in [1.29, 1.82) is 0 Å². The summed E-state index contributed by atoms with van der Waals surface area (Å²) in [4.78, 5) is 13.4. The Morgan fingerprint density at radius 3 is 2.68 bits per heavy atom. The normalized spacial score (nSPS) is 12.4. The highest BCUT2D eigenvalue weighted by atomic mass is 32.1. The van der Waals surface area contributed by atoms with Gasteiger partial charge in [0.05, 0.1) is 6.61 Å². The minimum atomic E-state index is -0.413. The monoisotopic (exact) mass is 274 g/mol. The lowest BCUT2D eigenvalue weighted by molar-refractivity contribution is 0.0420. The second-order valence-corrected chi connectivity index (χ2v) is 5.73. The second-order valence-electron chi connectivity index (χ2n) is 4.70. The van der Waals surface area contributed by atoms with Gasteiger partial charge < -0.3 is 4.74 Å². The lowest BCUT2D eigenvalue weighted by Gasteiger charge is -2.12. The first-order chi connectivity index (χ1) is 9.08. The summed E-state index contributed by atoms with van der Waals surface area (Å²) >= 11 is 1.64. The van der Waals surface area contributed by atoms with Gasteiger partial charge in [0.25, 0.3) is 0 Å². The van der Waals surface area contributed by atoms with Crippen LogP contribution in [0.25, 0.3) is 0 Å². The average molecular weight is 274 g/mol. The molecule has 1 unspecified atom stereocenters. The molecule has 1 aromatic heterocycles. The van der Waals surface area contributed by atoms with Crippen LogP contribution in [0.4, 0.5) is 0 Å². The Morgan fingerprint density at radius 1 is 1.26 bits per heavy atom. The SMILES string of the molecule is Cc1ccc(C(=O)C(C)OCc2cccs2)cc1C. The lowest BCUT2D eigenvalue weighted by atomic mass is 10.0. The maximum atomic E-state index is 12.2. The Bertz CT molecular complexity index is 558. The van der Waals surface area contributed by atoms with E-state index in [2.05, 4.69) is 0 Å². The number of rotatable bonds is 5. The third-order valence-electron chi connectivity index (χ3n) is 3.22. The smallest absolute Gasteiger partial charge is 0.191 e. The lowest BCUT2D eigenvalue weighted by Crippen LogP contribution is -2.20. The van der Waals surface area contributed by atoms with Crippen molar-refractivity contribution in [2.45, 2.75) is 33.5 Å². The number of thiophene rings is 1. The number of ether oxygens (including phenoxy) is 1. The van der Waals surface area contributed by atoms with E-state index in [9.17, 15) is 4.79 Å². The molecule has 0 aliphatic carbocycles. The van der Waals surface area contributed by atoms with E-state index in [1.54, 1.807) is 11.3 Å². The van der Waals surface area contributed by atoms with E-state index in [0.29, 0.717) is 6.61 Å². The van der Waals surface area contributed by atoms with Gasteiger partial charge in [-0.3, -0.25) is 4.79 Å². The first kappa shape index (κ1) is 14.0. The van der Waals surface area contributed by atoms with Crippen LogP contribution in [0.5, 0.6) is 0 Å². The minimum Gasteiger partial charge on any atom is -0.365 e. The van der Waals surface area contributed by atoms with Crippen molar-refractivity contribution in [2.75, 3.05) is 0 Å². The zero-order valence-electron chi connectivity index (χ0n) is 11.5. The summed E-state index contributed by atoms with van der Waals surface area (Å²) in [5, 5.41) is 2.01. The molecule has 0 saturated carbocycles. The zero-order valence-corrected chi connectivity index (χ0v) is 12.3. The van der Waals surface area contributed by atoms with Gasteiger partial charge >= 0.3 is 0 Å². The van der Waals surface area contributed by atoms with Gasteiger partial charge in [-0.25, -0.2) is 0 Å². The standard InChI is InChI=1S/C16H18O2S/c1-11-6-7-14(9-12(11)2)16(17)13(3)18-10-15-5-4-8-19-15/h4-9,13H,10H2,1-3H3. The first-order valence-corrected chi connectivity index (χ1v) is 7.21. The fourth-order valence-electron chi connectivity index (χ4n) is 1.81. The molecule has 0 radical (unpaired) electrons. The van der Waals surface area contributed by atoms with Crippen LogP contribution in [-0.4, -0.2) is 11.9 Å². The van der Waals surface area contributed by atoms with Crippen molar-refractivity contribution >= 4 is 17.1 Å². The summed E-state index contributed by atoms with van der Waals surface area (Å²) in [6.07, 6.45) is -0.413. The predicted molar refractivity (Wildman–Crippen MR) is 78.8 cm³/mol. The van der Waals surface area contributed by atoms with Crippen LogP contribution in [0.1, 0.15) is 33.3 Å². The second kappa shape index (κ2) is 6.13. The molecule has 0 saturated heterocycles. The topological polar surface area (TPSA) is 26.3 Å². The highest BCUT2D eigenvalue weighted by molar-refractivity contribution is 7.09. The molecule has 19 heavy (non-hydrogen) atoms. The van der Waals surface area contributed by atoms with Crippen LogP contribution >= 0.6 is 11.3 Å². The van der Waals surface area contributed by atoms with Gasteiger partial charge in [-0.05, 0) is 49.4 Å². The number of hydrogen-bond donors (Lipinski definition) is 0. The Labute approximate surface area is 118 Å². The van der Waals surface area contributed by atoms with E-state index < -0.39 is 6.10 Å². The maximum absolute atomic E-state index is 12.2. The van der Waals surface area contributed by atoms with Crippen LogP contribution in [0.2, 0.25) is 0 Å². The van der Waals surface area contributed by atoms with Crippen molar-refractivity contribution in [3.63, 3.8) is 0 Å². The van der Waals surface area contributed by atoms with Crippen molar-refractivity contribution in [2.24, 2.45) is 0 Å². The summed E-state index contributed by atoms with van der Waals surface area (Å²) < 4.78 is 5.63. The van der Waals surface area contributed by atoms with Gasteiger partial charge in [0.2, 0.25) is 0 Å². The summed E-state index contributed by atoms with van der Waals surface area (Å²) in [5.41, 5.74) is 3.06. The van der Waals surface area contributed by atoms with Crippen molar-refractivity contribution in [1.82, 2.24) is 0 Å². The first-order valence-electron chi connectivity index (χ1n) is 6.33. The molecule has 0 spiro atoms. The Hall–Kier alpha value is -1.45. The van der Waals surface area contributed by atoms with Gasteiger partial charge in [-0.2, -0.15) is 0 Å². The molecule has 2 aromatic rings. The maximum Gasteiger partial charge on any atom is 0.191 e. The molecule has 100 valence electrons. The number of carbonyl (C=O) groups is 1. The highest BCUT2D eigenvalue weighted by Crippen LogP contribution is 2.15. The van der Waals surface area contributed by atoms with E-state index >= 15 is 0 Å². The quantitative estimate of drug-likeness (QED) is 0.765. The molecule has 2 rings (SSSR count). The molecule has 0 fully saturated rings.